The van der Waals surface area contributed by atoms with E-state index < -0.39 is 0 Å². The highest BCUT2D eigenvalue weighted by Gasteiger charge is 2.39. The van der Waals surface area contributed by atoms with E-state index in [9.17, 15) is 0 Å². The molecule has 1 N–H and O–H groups in total. The summed E-state index contributed by atoms with van der Waals surface area (Å²) in [5.41, 5.74) is 5.68. The van der Waals surface area contributed by atoms with Gasteiger partial charge in [0.25, 0.3) is 0 Å². The molecule has 94 valence electrons. The highest BCUT2D eigenvalue weighted by atomic mass is 35.5. The normalized spacial score (nSPS) is 21.6. The van der Waals surface area contributed by atoms with Gasteiger partial charge in [-0.05, 0) is 60.5 Å². The van der Waals surface area contributed by atoms with E-state index >= 15 is 0 Å². The monoisotopic (exact) mass is 251 g/mol. The van der Waals surface area contributed by atoms with E-state index in [-0.39, 0.29) is 5.41 Å². The second-order valence-electron chi connectivity index (χ2n) is 5.79. The van der Waals surface area contributed by atoms with Gasteiger partial charge in [-0.15, -0.1) is 0 Å². The van der Waals surface area contributed by atoms with Crippen LogP contribution in [0.5, 0.6) is 0 Å². The van der Waals surface area contributed by atoms with Crippen LogP contribution in [-0.2, 0) is 5.41 Å². The van der Waals surface area contributed by atoms with Crippen molar-refractivity contribution in [3.05, 3.63) is 33.3 Å². The highest BCUT2D eigenvalue weighted by molar-refractivity contribution is 6.31. The number of hydrogen-bond acceptors (Lipinski definition) is 1. The van der Waals surface area contributed by atoms with Gasteiger partial charge in [-0.3, -0.25) is 0 Å². The third-order valence-electron chi connectivity index (χ3n) is 4.04. The van der Waals surface area contributed by atoms with E-state index in [1.165, 1.54) is 22.3 Å². The zero-order valence-electron chi connectivity index (χ0n) is 11.4. The zero-order valence-corrected chi connectivity index (χ0v) is 12.2. The molecule has 0 amide bonds. The summed E-state index contributed by atoms with van der Waals surface area (Å²) in [7, 11) is 0. The van der Waals surface area contributed by atoms with Crippen LogP contribution < -0.4 is 5.32 Å². The van der Waals surface area contributed by atoms with Crippen molar-refractivity contribution in [1.82, 2.24) is 5.32 Å². The van der Waals surface area contributed by atoms with E-state index in [4.69, 9.17) is 11.6 Å². The molecule has 0 saturated carbocycles. The van der Waals surface area contributed by atoms with Crippen LogP contribution in [0.1, 0.15) is 55.5 Å². The molecule has 0 saturated heterocycles. The molecule has 1 nitrogen and oxygen atoms in total. The Labute approximate surface area is 110 Å². The van der Waals surface area contributed by atoms with E-state index in [2.05, 4.69) is 46.0 Å². The molecule has 1 aliphatic rings. The Morgan fingerprint density at radius 2 is 2.06 bits per heavy atom. The average Bonchev–Trinajstić information content (AvgIpc) is 2.47. The topological polar surface area (TPSA) is 12.0 Å². The van der Waals surface area contributed by atoms with Crippen LogP contribution >= 0.6 is 11.6 Å². The minimum absolute atomic E-state index is 0.178. The molecule has 0 fully saturated rings. The summed E-state index contributed by atoms with van der Waals surface area (Å²) in [6.45, 7) is 12.1. The van der Waals surface area contributed by atoms with Gasteiger partial charge in [-0.1, -0.05) is 32.4 Å². The van der Waals surface area contributed by atoms with Gasteiger partial charge in [0.1, 0.15) is 0 Å². The summed E-state index contributed by atoms with van der Waals surface area (Å²) in [6.07, 6.45) is 1.14. The Hall–Kier alpha value is -0.530. The molecule has 1 atom stereocenters. The minimum Gasteiger partial charge on any atom is -0.310 e. The van der Waals surface area contributed by atoms with Crippen LogP contribution in [0.15, 0.2) is 6.07 Å². The maximum absolute atomic E-state index is 6.47. The lowest BCUT2D eigenvalue weighted by Crippen LogP contribution is -2.21. The van der Waals surface area contributed by atoms with Crippen molar-refractivity contribution >= 4 is 11.6 Å². The molecule has 1 aromatic rings. The number of fused-ring (bicyclic) bond motifs is 1. The van der Waals surface area contributed by atoms with Crippen LogP contribution in [0, 0.1) is 13.8 Å². The lowest BCUT2D eigenvalue weighted by Gasteiger charge is -2.21. The van der Waals surface area contributed by atoms with Crippen molar-refractivity contribution in [2.24, 2.45) is 0 Å². The lowest BCUT2D eigenvalue weighted by atomic mass is 9.85. The molecule has 0 heterocycles. The highest BCUT2D eigenvalue weighted by Crippen LogP contribution is 2.49. The van der Waals surface area contributed by atoms with Crippen LogP contribution in [0.3, 0.4) is 0 Å². The number of halogens is 1. The zero-order chi connectivity index (χ0) is 12.8. The van der Waals surface area contributed by atoms with Gasteiger partial charge in [0.15, 0.2) is 0 Å². The Kier molecular flexibility index (Phi) is 3.26. The Bertz CT molecular complexity index is 449. The first kappa shape index (κ1) is 12.9. The van der Waals surface area contributed by atoms with Gasteiger partial charge in [0.05, 0.1) is 0 Å². The maximum Gasteiger partial charge on any atom is 0.0449 e. The predicted molar refractivity (Wildman–Crippen MR) is 75.0 cm³/mol. The fourth-order valence-electron chi connectivity index (χ4n) is 3.16. The number of rotatable bonds is 2. The molecule has 1 aliphatic carbocycles. The standard InChI is InChI=1S/C15H22ClN/c1-6-17-12-8-15(4,5)14-11(16)7-9(2)10(3)13(12)14/h7,12,17H,6,8H2,1-5H3. The molecule has 2 rings (SSSR count). The van der Waals surface area contributed by atoms with Gasteiger partial charge in [0, 0.05) is 11.1 Å². The summed E-state index contributed by atoms with van der Waals surface area (Å²) in [5.74, 6) is 0. The van der Waals surface area contributed by atoms with Crippen LogP contribution in [0.2, 0.25) is 5.02 Å². The minimum atomic E-state index is 0.178. The van der Waals surface area contributed by atoms with Gasteiger partial charge >= 0.3 is 0 Å². The first-order valence-corrected chi connectivity index (χ1v) is 6.79. The summed E-state index contributed by atoms with van der Waals surface area (Å²) < 4.78 is 0. The average molecular weight is 252 g/mol. The second-order valence-corrected chi connectivity index (χ2v) is 6.19. The predicted octanol–water partition coefficient (Wildman–Crippen LogP) is 4.29. The summed E-state index contributed by atoms with van der Waals surface area (Å²) >= 11 is 6.47. The van der Waals surface area contributed by atoms with Gasteiger partial charge in [-0.2, -0.15) is 0 Å². The van der Waals surface area contributed by atoms with Crippen molar-refractivity contribution in [2.45, 2.75) is 52.5 Å². The molecular formula is C15H22ClN. The number of hydrogen-bond donors (Lipinski definition) is 1. The fraction of sp³-hybridized carbons (Fsp3) is 0.600. The molecular weight excluding hydrogens is 230 g/mol. The van der Waals surface area contributed by atoms with Crippen molar-refractivity contribution in [1.29, 1.82) is 0 Å². The van der Waals surface area contributed by atoms with Gasteiger partial charge in [-0.25, -0.2) is 0 Å². The second kappa shape index (κ2) is 4.29. The van der Waals surface area contributed by atoms with Gasteiger partial charge < -0.3 is 5.32 Å². The molecule has 1 unspecified atom stereocenters. The van der Waals surface area contributed by atoms with E-state index in [1.807, 2.05) is 0 Å². The molecule has 0 aromatic heterocycles. The van der Waals surface area contributed by atoms with Crippen molar-refractivity contribution < 1.29 is 0 Å². The van der Waals surface area contributed by atoms with E-state index in [0.717, 1.165) is 18.0 Å². The Balaban J connectivity index is 2.65. The van der Waals surface area contributed by atoms with Crippen LogP contribution in [0.4, 0.5) is 0 Å². The SMILES string of the molecule is CCNC1CC(C)(C)c2c(Cl)cc(C)c(C)c21. The molecule has 1 aromatic carbocycles. The summed E-state index contributed by atoms with van der Waals surface area (Å²) in [6, 6.07) is 2.58. The first-order valence-electron chi connectivity index (χ1n) is 6.42. The summed E-state index contributed by atoms with van der Waals surface area (Å²) in [4.78, 5) is 0. The Morgan fingerprint density at radius 3 is 2.65 bits per heavy atom. The third kappa shape index (κ3) is 2.00. The van der Waals surface area contributed by atoms with Crippen molar-refractivity contribution in [3.8, 4) is 0 Å². The smallest absolute Gasteiger partial charge is 0.0449 e. The third-order valence-corrected chi connectivity index (χ3v) is 4.34. The quantitative estimate of drug-likeness (QED) is 0.827. The largest absolute Gasteiger partial charge is 0.310 e. The van der Waals surface area contributed by atoms with Crippen LogP contribution in [-0.4, -0.2) is 6.54 Å². The number of benzene rings is 1. The van der Waals surface area contributed by atoms with Crippen LogP contribution in [0.25, 0.3) is 0 Å². The Morgan fingerprint density at radius 1 is 1.41 bits per heavy atom. The van der Waals surface area contributed by atoms with Crippen molar-refractivity contribution in [3.63, 3.8) is 0 Å². The molecule has 0 bridgehead atoms. The van der Waals surface area contributed by atoms with Crippen molar-refractivity contribution in [2.75, 3.05) is 6.54 Å². The molecule has 0 aliphatic heterocycles. The number of aryl methyl sites for hydroxylation is 1. The number of nitrogens with one attached hydrogen (secondary N) is 1. The molecule has 0 radical (unpaired) electrons. The first-order chi connectivity index (χ1) is 7.88. The molecule has 17 heavy (non-hydrogen) atoms. The maximum atomic E-state index is 6.47. The fourth-order valence-corrected chi connectivity index (χ4v) is 3.68. The van der Waals surface area contributed by atoms with Gasteiger partial charge in [0.2, 0.25) is 0 Å². The summed E-state index contributed by atoms with van der Waals surface area (Å²) in [5, 5.41) is 4.53. The van der Waals surface area contributed by atoms with E-state index in [1.54, 1.807) is 0 Å². The lowest BCUT2D eigenvalue weighted by molar-refractivity contribution is 0.433. The van der Waals surface area contributed by atoms with E-state index in [0.29, 0.717) is 6.04 Å². The molecule has 0 spiro atoms. The molecule has 2 heteroatoms.